The Morgan fingerprint density at radius 3 is 1.49 bits per heavy atom. The van der Waals surface area contributed by atoms with Crippen LogP contribution in [-0.4, -0.2) is 48.5 Å². The molecule has 5 heterocycles. The van der Waals surface area contributed by atoms with Crippen molar-refractivity contribution in [3.63, 3.8) is 0 Å². The van der Waals surface area contributed by atoms with E-state index >= 15 is 0 Å². The van der Waals surface area contributed by atoms with Crippen LogP contribution in [0.25, 0.3) is 32.9 Å². The van der Waals surface area contributed by atoms with Crippen molar-refractivity contribution < 1.29 is 19.5 Å². The summed E-state index contributed by atoms with van der Waals surface area (Å²) in [7, 11) is -0.468. The number of fused-ring (bicyclic) bond motifs is 2. The Labute approximate surface area is 438 Å². The standard InChI is InChI=1S/C26H24N4O.C24H26BN3O2.C8H10BrNO.CH4/c1-17(18-7-5-4-6-8-18)30-25-21(13-27)15-29-24-10-9-19(12-23(24)25)20-11-22(16-28-14-20)26(2,3)31;1-16(17-9-7-6-8-10-17)28-22-18(14-26)15-27-21-12-11-19(13-20(21)22)25-29-23(2,3)24(4,5)30-25;1-8(2,11)6-3-7(9)5-10-4-6;/h4-12,14-17,31H,1-3H3,(H,29,30);6-13,15-16H,1-5H3,(H,27,28);3-5,11H,1-2H3;1H4. The van der Waals surface area contributed by atoms with Gasteiger partial charge < -0.3 is 30.2 Å². The van der Waals surface area contributed by atoms with Gasteiger partial charge in [-0.2, -0.15) is 10.5 Å². The molecule has 9 rings (SSSR count). The van der Waals surface area contributed by atoms with E-state index in [1.54, 1.807) is 64.9 Å². The van der Waals surface area contributed by atoms with Crippen LogP contribution in [-0.2, 0) is 20.5 Å². The molecule has 4 N–H and O–H groups in total. The number of aromatic nitrogens is 4. The van der Waals surface area contributed by atoms with Crippen molar-refractivity contribution in [1.29, 1.82) is 10.5 Å². The fraction of sp³-hybridized carbons (Fsp3) is 0.288. The summed E-state index contributed by atoms with van der Waals surface area (Å²) in [5.74, 6) is 0. The second-order valence-electron chi connectivity index (χ2n) is 19.9. The zero-order valence-electron chi connectivity index (χ0n) is 42.4. The number of nitriles is 2. The van der Waals surface area contributed by atoms with Crippen molar-refractivity contribution in [3.8, 4) is 23.3 Å². The van der Waals surface area contributed by atoms with Gasteiger partial charge in [-0.3, -0.25) is 19.9 Å². The minimum absolute atomic E-state index is 0. The SMILES string of the molecule is C.CC(C)(O)c1cncc(Br)c1.CC(Nc1c(C#N)cnc2ccc(-c3cncc(C(C)(C)O)c3)cc12)c1ccccc1.CC(Nc1c(C#N)cnc2ccc(B3OC(C)(C)C(C)(C)O3)cc12)c1ccccc1. The van der Waals surface area contributed by atoms with E-state index in [9.17, 15) is 20.7 Å². The van der Waals surface area contributed by atoms with E-state index in [2.05, 4.69) is 96.8 Å². The van der Waals surface area contributed by atoms with Crippen LogP contribution in [0, 0.1) is 22.7 Å². The number of benzene rings is 4. The van der Waals surface area contributed by atoms with Crippen LogP contribution in [0.15, 0.2) is 151 Å². The number of hydrogen-bond acceptors (Lipinski definition) is 12. The number of rotatable bonds is 10. The third kappa shape index (κ3) is 13.1. The summed E-state index contributed by atoms with van der Waals surface area (Å²) in [5.41, 5.74) is 8.13. The predicted molar refractivity (Wildman–Crippen MR) is 298 cm³/mol. The first-order chi connectivity index (χ1) is 34.1. The number of nitrogens with one attached hydrogen (secondary N) is 2. The molecule has 2 unspecified atom stereocenters. The quantitative estimate of drug-likeness (QED) is 0.0953. The summed E-state index contributed by atoms with van der Waals surface area (Å²) >= 11 is 3.28. The van der Waals surface area contributed by atoms with E-state index in [4.69, 9.17) is 9.31 Å². The Hall–Kier alpha value is -7.04. The van der Waals surface area contributed by atoms with Crippen LogP contribution < -0.4 is 16.1 Å². The lowest BCUT2D eigenvalue weighted by molar-refractivity contribution is 0.00578. The minimum atomic E-state index is -0.979. The summed E-state index contributed by atoms with van der Waals surface area (Å²) < 4.78 is 13.3. The molecule has 1 saturated heterocycles. The normalized spacial score (nSPS) is 14.5. The zero-order chi connectivity index (χ0) is 52.0. The number of anilines is 2. The molecule has 374 valence electrons. The van der Waals surface area contributed by atoms with Crippen LogP contribution in [0.4, 0.5) is 11.4 Å². The molecule has 0 spiro atoms. The van der Waals surface area contributed by atoms with Crippen molar-refractivity contribution >= 4 is 61.7 Å². The maximum absolute atomic E-state index is 10.4. The molecule has 1 aliphatic rings. The molecule has 0 amide bonds. The van der Waals surface area contributed by atoms with Gasteiger partial charge in [0, 0.05) is 81.2 Å². The summed E-state index contributed by atoms with van der Waals surface area (Å²) in [6.07, 6.45) is 10.0. The molecule has 0 saturated carbocycles. The third-order valence-electron chi connectivity index (χ3n) is 13.0. The first-order valence-electron chi connectivity index (χ1n) is 23.7. The summed E-state index contributed by atoms with van der Waals surface area (Å²) in [5, 5.41) is 48.1. The Morgan fingerprint density at radius 2 is 1.04 bits per heavy atom. The molecule has 12 nitrogen and oxygen atoms in total. The van der Waals surface area contributed by atoms with Gasteiger partial charge in [-0.25, -0.2) is 0 Å². The van der Waals surface area contributed by atoms with Crippen LogP contribution in [0.1, 0.15) is 122 Å². The molecule has 2 atom stereocenters. The van der Waals surface area contributed by atoms with Gasteiger partial charge >= 0.3 is 7.12 Å². The molecule has 0 bridgehead atoms. The van der Waals surface area contributed by atoms with Crippen molar-refractivity contribution in [1.82, 2.24) is 19.9 Å². The molecule has 1 fully saturated rings. The van der Waals surface area contributed by atoms with Gasteiger partial charge in [0.25, 0.3) is 0 Å². The Morgan fingerprint density at radius 1 is 0.589 bits per heavy atom. The number of halogens is 1. The van der Waals surface area contributed by atoms with Gasteiger partial charge in [0.2, 0.25) is 0 Å². The van der Waals surface area contributed by atoms with Gasteiger partial charge in [-0.15, -0.1) is 0 Å². The van der Waals surface area contributed by atoms with Gasteiger partial charge in [0.15, 0.2) is 0 Å². The molecule has 1 aliphatic heterocycles. The summed E-state index contributed by atoms with van der Waals surface area (Å²) in [6, 6.07) is 40.6. The largest absolute Gasteiger partial charge is 0.494 e. The van der Waals surface area contributed by atoms with Crippen molar-refractivity contribution in [3.05, 3.63) is 184 Å². The summed E-state index contributed by atoms with van der Waals surface area (Å²) in [4.78, 5) is 17.2. The average molecular weight is 1040 g/mol. The van der Waals surface area contributed by atoms with E-state index < -0.39 is 29.5 Å². The maximum Gasteiger partial charge on any atom is 0.494 e. The fourth-order valence-corrected chi connectivity index (χ4v) is 8.32. The van der Waals surface area contributed by atoms with Crippen LogP contribution in [0.5, 0.6) is 0 Å². The van der Waals surface area contributed by atoms with E-state index in [1.165, 1.54) is 0 Å². The third-order valence-corrected chi connectivity index (χ3v) is 13.5. The number of nitrogens with zero attached hydrogens (tertiary/aromatic N) is 6. The summed E-state index contributed by atoms with van der Waals surface area (Å²) in [6.45, 7) is 19.3. The Bertz CT molecular complexity index is 3260. The topological polar surface area (TPSA) is 182 Å². The fourth-order valence-electron chi connectivity index (χ4n) is 7.95. The van der Waals surface area contributed by atoms with E-state index in [0.717, 1.165) is 76.5 Å². The van der Waals surface area contributed by atoms with Crippen LogP contribution in [0.3, 0.4) is 0 Å². The highest BCUT2D eigenvalue weighted by Crippen LogP contribution is 2.38. The molecule has 73 heavy (non-hydrogen) atoms. The highest BCUT2D eigenvalue weighted by molar-refractivity contribution is 9.10. The van der Waals surface area contributed by atoms with Gasteiger partial charge in [-0.05, 0) is 138 Å². The molecular formula is C59H64BBrN8O4. The van der Waals surface area contributed by atoms with E-state index in [-0.39, 0.29) is 19.5 Å². The lowest BCUT2D eigenvalue weighted by Gasteiger charge is -2.32. The first kappa shape index (κ1) is 55.3. The van der Waals surface area contributed by atoms with E-state index in [1.807, 2.05) is 113 Å². The monoisotopic (exact) mass is 1040 g/mol. The van der Waals surface area contributed by atoms with Gasteiger partial charge in [0.05, 0.1) is 55.9 Å². The van der Waals surface area contributed by atoms with Gasteiger partial charge in [-0.1, -0.05) is 86.3 Å². The number of aliphatic hydroxyl groups is 2. The second-order valence-corrected chi connectivity index (χ2v) is 20.9. The molecule has 4 aromatic carbocycles. The molecule has 4 aromatic heterocycles. The van der Waals surface area contributed by atoms with Crippen molar-refractivity contribution in [2.45, 2.75) is 111 Å². The zero-order valence-corrected chi connectivity index (χ0v) is 43.9. The predicted octanol–water partition coefficient (Wildman–Crippen LogP) is 12.9. The Kier molecular flexibility index (Phi) is 17.3. The number of hydrogen-bond donors (Lipinski definition) is 4. The number of pyridine rings is 4. The maximum atomic E-state index is 10.4. The lowest BCUT2D eigenvalue weighted by atomic mass is 9.78. The minimum Gasteiger partial charge on any atom is -0.399 e. The molecule has 8 aromatic rings. The molecule has 14 heteroatoms. The average Bonchev–Trinajstić information content (AvgIpc) is 3.59. The van der Waals surface area contributed by atoms with Crippen LogP contribution in [0.2, 0.25) is 0 Å². The molecule has 0 radical (unpaired) electrons. The van der Waals surface area contributed by atoms with Crippen molar-refractivity contribution in [2.24, 2.45) is 0 Å². The highest BCUT2D eigenvalue weighted by atomic mass is 79.9. The van der Waals surface area contributed by atoms with Crippen molar-refractivity contribution in [2.75, 3.05) is 10.6 Å². The van der Waals surface area contributed by atoms with Crippen LogP contribution >= 0.6 is 15.9 Å². The van der Waals surface area contributed by atoms with E-state index in [0.29, 0.717) is 11.1 Å². The highest BCUT2D eigenvalue weighted by Gasteiger charge is 2.51. The van der Waals surface area contributed by atoms with Gasteiger partial charge in [0.1, 0.15) is 12.1 Å². The Balaban J connectivity index is 0.000000195. The molecular weight excluding hydrogens is 975 g/mol. The smallest absolute Gasteiger partial charge is 0.399 e. The first-order valence-corrected chi connectivity index (χ1v) is 24.5. The molecule has 0 aliphatic carbocycles. The lowest BCUT2D eigenvalue weighted by Crippen LogP contribution is -2.41. The second kappa shape index (κ2) is 22.8.